The SMILES string of the molecule is C/C(=C\C1=CC=CC1)C(=O)[O-]. The van der Waals surface area contributed by atoms with Gasteiger partial charge in [0.1, 0.15) is 0 Å². The minimum absolute atomic E-state index is 0.278. The number of aliphatic carboxylic acids is 1. The number of hydrogen-bond donors (Lipinski definition) is 0. The molecule has 0 radical (unpaired) electrons. The summed E-state index contributed by atoms with van der Waals surface area (Å²) in [4.78, 5) is 10.3. The van der Waals surface area contributed by atoms with Gasteiger partial charge in [-0.2, -0.15) is 0 Å². The highest BCUT2D eigenvalue weighted by atomic mass is 16.4. The van der Waals surface area contributed by atoms with Crippen LogP contribution in [0.15, 0.2) is 35.5 Å². The van der Waals surface area contributed by atoms with E-state index in [1.165, 1.54) is 6.92 Å². The number of carboxylic acid groups (broad SMARTS) is 1. The van der Waals surface area contributed by atoms with Crippen LogP contribution < -0.4 is 5.11 Å². The highest BCUT2D eigenvalue weighted by Crippen LogP contribution is 2.13. The minimum atomic E-state index is -1.10. The number of hydrogen-bond acceptors (Lipinski definition) is 2. The van der Waals surface area contributed by atoms with Gasteiger partial charge in [0, 0.05) is 0 Å². The van der Waals surface area contributed by atoms with Crippen LogP contribution in [0, 0.1) is 0 Å². The summed E-state index contributed by atoms with van der Waals surface area (Å²) in [5, 5.41) is 10.3. The summed E-state index contributed by atoms with van der Waals surface area (Å²) in [5.74, 6) is -1.10. The van der Waals surface area contributed by atoms with Gasteiger partial charge in [-0.05, 0) is 24.5 Å². The second kappa shape index (κ2) is 3.19. The maximum Gasteiger partial charge on any atom is 0.0672 e. The Hall–Kier alpha value is -1.31. The van der Waals surface area contributed by atoms with Gasteiger partial charge in [-0.3, -0.25) is 0 Å². The predicted molar refractivity (Wildman–Crippen MR) is 40.6 cm³/mol. The third-order valence-electron chi connectivity index (χ3n) is 1.52. The topological polar surface area (TPSA) is 40.1 Å². The molecule has 0 fully saturated rings. The zero-order valence-electron chi connectivity index (χ0n) is 6.33. The first kappa shape index (κ1) is 7.79. The molecule has 0 aliphatic heterocycles. The third-order valence-corrected chi connectivity index (χ3v) is 1.52. The maximum absolute atomic E-state index is 10.3. The molecule has 0 aromatic rings. The van der Waals surface area contributed by atoms with E-state index < -0.39 is 5.97 Å². The molecule has 0 amide bonds. The van der Waals surface area contributed by atoms with Crippen LogP contribution in [0.4, 0.5) is 0 Å². The lowest BCUT2D eigenvalue weighted by molar-refractivity contribution is -0.299. The van der Waals surface area contributed by atoms with Crippen molar-refractivity contribution in [1.82, 2.24) is 0 Å². The van der Waals surface area contributed by atoms with Crippen LogP contribution in [-0.2, 0) is 4.79 Å². The molecule has 0 atom stereocenters. The normalized spacial score (nSPS) is 16.8. The van der Waals surface area contributed by atoms with Crippen molar-refractivity contribution in [2.75, 3.05) is 0 Å². The zero-order chi connectivity index (χ0) is 8.27. The van der Waals surface area contributed by atoms with Crippen LogP contribution >= 0.6 is 0 Å². The Morgan fingerprint density at radius 1 is 1.73 bits per heavy atom. The highest BCUT2D eigenvalue weighted by Gasteiger charge is 1.96. The van der Waals surface area contributed by atoms with Crippen LogP contribution in [0.25, 0.3) is 0 Å². The van der Waals surface area contributed by atoms with Crippen LogP contribution in [0.5, 0.6) is 0 Å². The van der Waals surface area contributed by atoms with E-state index in [1.807, 2.05) is 18.2 Å². The van der Waals surface area contributed by atoms with Gasteiger partial charge in [-0.15, -0.1) is 0 Å². The maximum atomic E-state index is 10.3. The zero-order valence-corrected chi connectivity index (χ0v) is 6.33. The van der Waals surface area contributed by atoms with Gasteiger partial charge in [-0.1, -0.05) is 24.3 Å². The number of allylic oxidation sites excluding steroid dienone is 5. The smallest absolute Gasteiger partial charge is 0.0672 e. The highest BCUT2D eigenvalue weighted by molar-refractivity contribution is 5.84. The Morgan fingerprint density at radius 3 is 2.91 bits per heavy atom. The summed E-state index contributed by atoms with van der Waals surface area (Å²) in [7, 11) is 0. The van der Waals surface area contributed by atoms with Crippen LogP contribution in [0.1, 0.15) is 13.3 Å². The van der Waals surface area contributed by atoms with E-state index in [1.54, 1.807) is 6.08 Å². The van der Waals surface area contributed by atoms with Crippen LogP contribution in [-0.4, -0.2) is 5.97 Å². The minimum Gasteiger partial charge on any atom is -0.545 e. The monoisotopic (exact) mass is 149 g/mol. The van der Waals surface area contributed by atoms with Crippen LogP contribution in [0.2, 0.25) is 0 Å². The standard InChI is InChI=1S/C9H10O2/c1-7(9(10)11)6-8-4-2-3-5-8/h2-4,6H,5H2,1H3,(H,10,11)/p-1/b7-6+. The summed E-state index contributed by atoms with van der Waals surface area (Å²) in [6, 6.07) is 0. The fourth-order valence-electron chi connectivity index (χ4n) is 0.908. The Bertz CT molecular complexity index is 257. The second-order valence-electron chi connectivity index (χ2n) is 2.49. The Morgan fingerprint density at radius 2 is 2.45 bits per heavy atom. The van der Waals surface area contributed by atoms with Crippen molar-refractivity contribution >= 4 is 5.97 Å². The molecule has 0 N–H and O–H groups in total. The molecule has 0 aromatic heterocycles. The lowest BCUT2D eigenvalue weighted by Gasteiger charge is -2.01. The molecule has 0 bridgehead atoms. The molecular weight excluding hydrogens is 140 g/mol. The van der Waals surface area contributed by atoms with Gasteiger partial charge < -0.3 is 9.90 Å². The van der Waals surface area contributed by atoms with Crippen molar-refractivity contribution in [3.8, 4) is 0 Å². The van der Waals surface area contributed by atoms with Crippen molar-refractivity contribution in [3.05, 3.63) is 35.5 Å². The summed E-state index contributed by atoms with van der Waals surface area (Å²) in [6.07, 6.45) is 8.25. The second-order valence-corrected chi connectivity index (χ2v) is 2.49. The summed E-state index contributed by atoms with van der Waals surface area (Å²) < 4.78 is 0. The fraction of sp³-hybridized carbons (Fsp3) is 0.222. The van der Waals surface area contributed by atoms with E-state index in [0.29, 0.717) is 0 Å². The molecule has 2 heteroatoms. The average molecular weight is 149 g/mol. The van der Waals surface area contributed by atoms with Crippen molar-refractivity contribution in [2.45, 2.75) is 13.3 Å². The molecule has 1 aliphatic rings. The van der Waals surface area contributed by atoms with Crippen molar-refractivity contribution in [1.29, 1.82) is 0 Å². The first-order chi connectivity index (χ1) is 5.20. The van der Waals surface area contributed by atoms with Crippen molar-refractivity contribution in [2.24, 2.45) is 0 Å². The Labute approximate surface area is 65.5 Å². The summed E-state index contributed by atoms with van der Waals surface area (Å²) >= 11 is 0. The molecular formula is C9H9O2-. The van der Waals surface area contributed by atoms with Gasteiger partial charge >= 0.3 is 0 Å². The molecule has 1 rings (SSSR count). The van der Waals surface area contributed by atoms with E-state index in [2.05, 4.69) is 0 Å². The van der Waals surface area contributed by atoms with Crippen molar-refractivity contribution in [3.63, 3.8) is 0 Å². The van der Waals surface area contributed by atoms with E-state index in [0.717, 1.165) is 12.0 Å². The summed E-state index contributed by atoms with van der Waals surface area (Å²) in [6.45, 7) is 1.54. The largest absolute Gasteiger partial charge is 0.545 e. The predicted octanol–water partition coefficient (Wildman–Crippen LogP) is 0.569. The van der Waals surface area contributed by atoms with Gasteiger partial charge in [0.15, 0.2) is 0 Å². The lowest BCUT2D eigenvalue weighted by atomic mass is 10.1. The first-order valence-corrected chi connectivity index (χ1v) is 3.45. The van der Waals surface area contributed by atoms with E-state index >= 15 is 0 Å². The number of carbonyl (C=O) groups is 1. The first-order valence-electron chi connectivity index (χ1n) is 3.45. The molecule has 11 heavy (non-hydrogen) atoms. The van der Waals surface area contributed by atoms with Crippen molar-refractivity contribution < 1.29 is 9.90 Å². The summed E-state index contributed by atoms with van der Waals surface area (Å²) in [5.41, 5.74) is 1.30. The average Bonchev–Trinajstić information content (AvgIpc) is 2.39. The van der Waals surface area contributed by atoms with Crippen LogP contribution in [0.3, 0.4) is 0 Å². The van der Waals surface area contributed by atoms with E-state index in [-0.39, 0.29) is 5.57 Å². The van der Waals surface area contributed by atoms with E-state index in [9.17, 15) is 9.90 Å². The number of rotatable bonds is 2. The molecule has 1 aliphatic carbocycles. The van der Waals surface area contributed by atoms with E-state index in [4.69, 9.17) is 0 Å². The molecule has 0 unspecified atom stereocenters. The molecule has 0 heterocycles. The fourth-order valence-corrected chi connectivity index (χ4v) is 0.908. The Balaban J connectivity index is 2.66. The van der Waals surface area contributed by atoms with Gasteiger partial charge in [0.05, 0.1) is 5.97 Å². The molecule has 0 spiro atoms. The van der Waals surface area contributed by atoms with Gasteiger partial charge in [-0.25, -0.2) is 0 Å². The number of carbonyl (C=O) groups excluding carboxylic acids is 1. The quantitative estimate of drug-likeness (QED) is 0.538. The third kappa shape index (κ3) is 2.08. The molecule has 0 aromatic carbocycles. The Kier molecular flexibility index (Phi) is 2.26. The molecule has 0 saturated carbocycles. The van der Waals surface area contributed by atoms with Gasteiger partial charge in [0.2, 0.25) is 0 Å². The molecule has 58 valence electrons. The molecule has 2 nitrogen and oxygen atoms in total. The lowest BCUT2D eigenvalue weighted by Crippen LogP contribution is -2.23. The van der Waals surface area contributed by atoms with Gasteiger partial charge in [0.25, 0.3) is 0 Å². The molecule has 0 saturated heterocycles. The number of carboxylic acids is 1.